The van der Waals surface area contributed by atoms with Gasteiger partial charge in [-0.3, -0.25) is 9.59 Å². The van der Waals surface area contributed by atoms with Crippen LogP contribution in [0.25, 0.3) is 0 Å². The predicted molar refractivity (Wildman–Crippen MR) is 73.1 cm³/mol. The molecule has 0 aromatic heterocycles. The molecule has 0 aliphatic carbocycles. The smallest absolute Gasteiger partial charge is 0.248 e. The second kappa shape index (κ2) is 6.02. The number of ether oxygens (including phenoxy) is 1. The molecule has 0 saturated carbocycles. The van der Waals surface area contributed by atoms with Crippen LogP contribution < -0.4 is 5.32 Å². The van der Waals surface area contributed by atoms with Crippen LogP contribution in [0.5, 0.6) is 0 Å². The van der Waals surface area contributed by atoms with Crippen LogP contribution in [0.15, 0.2) is 24.3 Å². The molecule has 1 aromatic carbocycles. The molecule has 0 spiro atoms. The molecule has 108 valence electrons. The maximum atomic E-state index is 11.6. The van der Waals surface area contributed by atoms with Gasteiger partial charge in [0, 0.05) is 19.7 Å². The van der Waals surface area contributed by atoms with Gasteiger partial charge in [-0.05, 0) is 17.7 Å². The number of likely N-dealkylation sites (N-methyl/N-ethyl adjacent to an activating group) is 1. The van der Waals surface area contributed by atoms with Gasteiger partial charge in [0.25, 0.3) is 0 Å². The van der Waals surface area contributed by atoms with E-state index in [0.717, 1.165) is 0 Å². The number of hydrogen-bond acceptors (Lipinski definition) is 4. The number of nitrogens with zero attached hydrogens (tertiary/aromatic N) is 1. The number of morpholine rings is 1. The number of nitrogens with one attached hydrogen (secondary N) is 1. The number of amides is 2. The van der Waals surface area contributed by atoms with E-state index < -0.39 is 12.1 Å². The van der Waals surface area contributed by atoms with Crippen LogP contribution in [-0.2, 0) is 14.3 Å². The highest BCUT2D eigenvalue weighted by Crippen LogP contribution is 2.24. The SMILES string of the molecule is CC(=O)Nc1ccc([C@@H](O)[C@H]2COCC(=O)N2C)cc1. The van der Waals surface area contributed by atoms with Gasteiger partial charge in [-0.15, -0.1) is 0 Å². The first-order valence-corrected chi connectivity index (χ1v) is 6.38. The van der Waals surface area contributed by atoms with Crippen molar-refractivity contribution >= 4 is 17.5 Å². The summed E-state index contributed by atoms with van der Waals surface area (Å²) < 4.78 is 5.18. The van der Waals surface area contributed by atoms with Crippen LogP contribution in [0.3, 0.4) is 0 Å². The Bertz CT molecular complexity index is 500. The second-order valence-corrected chi connectivity index (χ2v) is 4.84. The van der Waals surface area contributed by atoms with Crippen molar-refractivity contribution in [3.05, 3.63) is 29.8 Å². The van der Waals surface area contributed by atoms with Crippen molar-refractivity contribution < 1.29 is 19.4 Å². The van der Waals surface area contributed by atoms with Gasteiger partial charge in [0.2, 0.25) is 11.8 Å². The molecule has 1 aliphatic rings. The molecular formula is C14H18N2O4. The number of rotatable bonds is 3. The lowest BCUT2D eigenvalue weighted by atomic mass is 10.0. The molecule has 1 fully saturated rings. The Hall–Kier alpha value is -1.92. The maximum absolute atomic E-state index is 11.6. The molecule has 6 heteroatoms. The normalized spacial score (nSPS) is 20.6. The van der Waals surface area contributed by atoms with Crippen LogP contribution in [0.1, 0.15) is 18.6 Å². The van der Waals surface area contributed by atoms with Crippen LogP contribution in [0.2, 0.25) is 0 Å². The van der Waals surface area contributed by atoms with E-state index in [4.69, 9.17) is 4.74 Å². The minimum Gasteiger partial charge on any atom is -0.386 e. The number of aliphatic hydroxyl groups excluding tert-OH is 1. The molecule has 2 rings (SSSR count). The maximum Gasteiger partial charge on any atom is 0.248 e. The van der Waals surface area contributed by atoms with Crippen molar-refractivity contribution in [2.75, 3.05) is 25.6 Å². The highest BCUT2D eigenvalue weighted by Gasteiger charge is 2.31. The quantitative estimate of drug-likeness (QED) is 0.845. The minimum atomic E-state index is -0.823. The fraction of sp³-hybridized carbons (Fsp3) is 0.429. The van der Waals surface area contributed by atoms with Crippen molar-refractivity contribution in [3.8, 4) is 0 Å². The summed E-state index contributed by atoms with van der Waals surface area (Å²) in [5.74, 6) is -0.292. The number of anilines is 1. The number of hydrogen-bond donors (Lipinski definition) is 2. The van der Waals surface area contributed by atoms with E-state index >= 15 is 0 Å². The van der Waals surface area contributed by atoms with E-state index in [2.05, 4.69) is 5.32 Å². The molecule has 1 aliphatic heterocycles. The number of carbonyl (C=O) groups is 2. The minimum absolute atomic E-state index is 0.0567. The topological polar surface area (TPSA) is 78.9 Å². The molecule has 2 atom stereocenters. The van der Waals surface area contributed by atoms with Crippen molar-refractivity contribution in [2.45, 2.75) is 19.1 Å². The van der Waals surface area contributed by atoms with Gasteiger partial charge in [-0.1, -0.05) is 12.1 Å². The zero-order chi connectivity index (χ0) is 14.7. The summed E-state index contributed by atoms with van der Waals surface area (Å²) in [5.41, 5.74) is 1.34. The molecule has 0 bridgehead atoms. The van der Waals surface area contributed by atoms with Gasteiger partial charge in [0.1, 0.15) is 12.7 Å². The number of carbonyl (C=O) groups excluding carboxylic acids is 2. The third-order valence-electron chi connectivity index (χ3n) is 3.34. The van der Waals surface area contributed by atoms with Gasteiger partial charge in [0.15, 0.2) is 0 Å². The molecular weight excluding hydrogens is 260 g/mol. The van der Waals surface area contributed by atoms with Crippen molar-refractivity contribution in [1.29, 1.82) is 0 Å². The standard InChI is InChI=1S/C14H18N2O4/c1-9(17)15-11-5-3-10(4-6-11)14(19)12-7-20-8-13(18)16(12)2/h3-6,12,14,19H,7-8H2,1-2H3,(H,15,17)/t12-,14-/m1/s1. The largest absolute Gasteiger partial charge is 0.386 e. The van der Waals surface area contributed by atoms with E-state index in [0.29, 0.717) is 17.9 Å². The molecule has 1 heterocycles. The summed E-state index contributed by atoms with van der Waals surface area (Å²) >= 11 is 0. The van der Waals surface area contributed by atoms with E-state index in [1.54, 1.807) is 31.3 Å². The summed E-state index contributed by atoms with van der Waals surface area (Å²) in [5, 5.41) is 13.0. The molecule has 0 radical (unpaired) electrons. The van der Waals surface area contributed by atoms with Gasteiger partial charge in [0.05, 0.1) is 12.6 Å². The Balaban J connectivity index is 2.10. The molecule has 1 aromatic rings. The monoisotopic (exact) mass is 278 g/mol. The fourth-order valence-corrected chi connectivity index (χ4v) is 2.16. The average molecular weight is 278 g/mol. The van der Waals surface area contributed by atoms with Gasteiger partial charge in [-0.25, -0.2) is 0 Å². The van der Waals surface area contributed by atoms with E-state index in [1.165, 1.54) is 11.8 Å². The molecule has 6 nitrogen and oxygen atoms in total. The molecule has 1 saturated heterocycles. The number of aliphatic hydroxyl groups is 1. The predicted octanol–water partition coefficient (Wildman–Crippen LogP) is 0.536. The zero-order valence-electron chi connectivity index (χ0n) is 11.5. The molecule has 2 amide bonds. The van der Waals surface area contributed by atoms with Gasteiger partial charge < -0.3 is 20.1 Å². The molecule has 0 unspecified atom stereocenters. The Morgan fingerprint density at radius 2 is 2.10 bits per heavy atom. The van der Waals surface area contributed by atoms with Gasteiger partial charge >= 0.3 is 0 Å². The van der Waals surface area contributed by atoms with Crippen LogP contribution in [0, 0.1) is 0 Å². The highest BCUT2D eigenvalue weighted by molar-refractivity contribution is 5.88. The first-order chi connectivity index (χ1) is 9.49. The van der Waals surface area contributed by atoms with E-state index in [1.807, 2.05) is 0 Å². The van der Waals surface area contributed by atoms with Crippen LogP contribution in [0.4, 0.5) is 5.69 Å². The Morgan fingerprint density at radius 1 is 1.45 bits per heavy atom. The number of benzene rings is 1. The average Bonchev–Trinajstić information content (AvgIpc) is 2.41. The van der Waals surface area contributed by atoms with Crippen molar-refractivity contribution in [3.63, 3.8) is 0 Å². The molecule has 20 heavy (non-hydrogen) atoms. The fourth-order valence-electron chi connectivity index (χ4n) is 2.16. The second-order valence-electron chi connectivity index (χ2n) is 4.84. The summed E-state index contributed by atoms with van der Waals surface area (Å²) in [7, 11) is 1.66. The third kappa shape index (κ3) is 3.15. The third-order valence-corrected chi connectivity index (χ3v) is 3.34. The molecule has 2 N–H and O–H groups in total. The lowest BCUT2D eigenvalue weighted by Gasteiger charge is -2.35. The Labute approximate surface area is 117 Å². The zero-order valence-corrected chi connectivity index (χ0v) is 11.5. The summed E-state index contributed by atoms with van der Waals surface area (Å²) in [6, 6.07) is 6.48. The first kappa shape index (κ1) is 14.5. The summed E-state index contributed by atoms with van der Waals surface area (Å²) in [6.45, 7) is 1.79. The van der Waals surface area contributed by atoms with E-state index in [9.17, 15) is 14.7 Å². The van der Waals surface area contributed by atoms with Crippen molar-refractivity contribution in [1.82, 2.24) is 4.90 Å². The lowest BCUT2D eigenvalue weighted by Crippen LogP contribution is -2.49. The Kier molecular flexibility index (Phi) is 4.36. The Morgan fingerprint density at radius 3 is 2.70 bits per heavy atom. The van der Waals surface area contributed by atoms with Crippen LogP contribution >= 0.6 is 0 Å². The van der Waals surface area contributed by atoms with E-state index in [-0.39, 0.29) is 18.4 Å². The summed E-state index contributed by atoms with van der Waals surface area (Å²) in [6.07, 6.45) is -0.823. The lowest BCUT2D eigenvalue weighted by molar-refractivity contribution is -0.151. The first-order valence-electron chi connectivity index (χ1n) is 6.38. The highest BCUT2D eigenvalue weighted by atomic mass is 16.5. The van der Waals surface area contributed by atoms with Crippen molar-refractivity contribution in [2.24, 2.45) is 0 Å². The van der Waals surface area contributed by atoms with Crippen LogP contribution in [-0.4, -0.2) is 48.1 Å². The van der Waals surface area contributed by atoms with Gasteiger partial charge in [-0.2, -0.15) is 0 Å². The summed E-state index contributed by atoms with van der Waals surface area (Å²) in [4.78, 5) is 24.0.